The third-order valence-electron chi connectivity index (χ3n) is 2.91. The van der Waals surface area contributed by atoms with Crippen molar-refractivity contribution in [1.29, 1.82) is 0 Å². The monoisotopic (exact) mass is 361 g/mol. The Kier molecular flexibility index (Phi) is 4.93. The number of benzene rings is 2. The molecule has 0 atom stereocenters. The van der Waals surface area contributed by atoms with Gasteiger partial charge in [-0.05, 0) is 18.2 Å². The highest BCUT2D eigenvalue weighted by Crippen LogP contribution is 2.39. The van der Waals surface area contributed by atoms with E-state index in [1.807, 2.05) is 0 Å². The topological polar surface area (TPSA) is 64.6 Å². The number of rotatable bonds is 5. The first-order valence-electron chi connectivity index (χ1n) is 6.60. The Morgan fingerprint density at radius 3 is 2.21 bits per heavy atom. The van der Waals surface area contributed by atoms with Crippen LogP contribution in [0.25, 0.3) is 11.1 Å². The van der Waals surface area contributed by atoms with Gasteiger partial charge in [0, 0.05) is 17.2 Å². The number of anilines is 1. The lowest BCUT2D eigenvalue weighted by Gasteiger charge is -2.16. The molecule has 0 aliphatic rings. The van der Waals surface area contributed by atoms with E-state index in [-0.39, 0.29) is 22.7 Å². The highest BCUT2D eigenvalue weighted by molar-refractivity contribution is 7.92. The first kappa shape index (κ1) is 17.9. The van der Waals surface area contributed by atoms with Gasteiger partial charge in [-0.2, -0.15) is 0 Å². The molecule has 2 aromatic rings. The van der Waals surface area contributed by atoms with Gasteiger partial charge in [0.2, 0.25) is 10.0 Å². The van der Waals surface area contributed by atoms with E-state index >= 15 is 0 Å². The summed E-state index contributed by atoms with van der Waals surface area (Å²) in [5, 5.41) is 0. The van der Waals surface area contributed by atoms with Crippen molar-refractivity contribution < 1.29 is 31.1 Å². The van der Waals surface area contributed by atoms with Crippen molar-refractivity contribution in [3.05, 3.63) is 42.5 Å². The van der Waals surface area contributed by atoms with Gasteiger partial charge < -0.3 is 9.47 Å². The van der Waals surface area contributed by atoms with Crippen LogP contribution in [0.15, 0.2) is 42.5 Å². The molecule has 2 aromatic carbocycles. The average molecular weight is 361 g/mol. The minimum absolute atomic E-state index is 0.164. The fourth-order valence-electron chi connectivity index (χ4n) is 2.09. The Bertz CT molecular complexity index is 835. The van der Waals surface area contributed by atoms with Crippen LogP contribution < -0.4 is 14.2 Å². The molecule has 0 unspecified atom stereocenters. The van der Waals surface area contributed by atoms with E-state index in [9.17, 15) is 21.6 Å². The summed E-state index contributed by atoms with van der Waals surface area (Å²) in [4.78, 5) is 0. The van der Waals surface area contributed by atoms with Crippen molar-refractivity contribution in [3.63, 3.8) is 0 Å². The van der Waals surface area contributed by atoms with Crippen LogP contribution in [-0.2, 0) is 10.0 Å². The second kappa shape index (κ2) is 6.60. The number of hydrogen-bond donors (Lipinski definition) is 1. The molecule has 0 spiro atoms. The zero-order chi connectivity index (χ0) is 18.0. The Hall–Kier alpha value is -2.42. The van der Waals surface area contributed by atoms with Crippen LogP contribution in [0.2, 0.25) is 0 Å². The summed E-state index contributed by atoms with van der Waals surface area (Å²) in [5.74, 6) is -0.186. The van der Waals surface area contributed by atoms with Gasteiger partial charge in [0.05, 0.1) is 19.1 Å². The molecule has 5 nitrogen and oxygen atoms in total. The van der Waals surface area contributed by atoms with Gasteiger partial charge in [-0.25, -0.2) is 8.42 Å². The first-order valence-corrected chi connectivity index (χ1v) is 8.49. The predicted octanol–water partition coefficient (Wildman–Crippen LogP) is 3.63. The summed E-state index contributed by atoms with van der Waals surface area (Å²) in [6.45, 7) is 0. The number of para-hydroxylation sites is 1. The van der Waals surface area contributed by atoms with Crippen molar-refractivity contribution in [3.8, 4) is 22.6 Å². The largest absolute Gasteiger partial charge is 0.573 e. The normalized spacial score (nSPS) is 11.9. The van der Waals surface area contributed by atoms with Gasteiger partial charge in [0.1, 0.15) is 11.5 Å². The minimum atomic E-state index is -4.83. The van der Waals surface area contributed by atoms with Gasteiger partial charge in [-0.3, -0.25) is 4.72 Å². The Balaban J connectivity index is 2.49. The molecule has 0 saturated heterocycles. The van der Waals surface area contributed by atoms with E-state index in [4.69, 9.17) is 4.74 Å². The minimum Gasteiger partial charge on any atom is -0.496 e. The molecule has 0 aliphatic carbocycles. The Morgan fingerprint density at radius 2 is 1.62 bits per heavy atom. The molecule has 1 N–H and O–H groups in total. The van der Waals surface area contributed by atoms with Crippen LogP contribution in [0.3, 0.4) is 0 Å². The summed E-state index contributed by atoms with van der Waals surface area (Å²) < 4.78 is 71.6. The molecule has 0 saturated carbocycles. The number of hydrogen-bond acceptors (Lipinski definition) is 4. The summed E-state index contributed by atoms with van der Waals surface area (Å²) in [5.41, 5.74) is 0.723. The molecular weight excluding hydrogens is 347 g/mol. The lowest BCUT2D eigenvalue weighted by molar-refractivity contribution is -0.274. The molecule has 0 heterocycles. The highest BCUT2D eigenvalue weighted by atomic mass is 32.2. The maximum absolute atomic E-state index is 12.5. The number of methoxy groups -OCH3 is 1. The molecule has 0 bridgehead atoms. The zero-order valence-electron chi connectivity index (χ0n) is 12.7. The molecule has 2 rings (SSSR count). The van der Waals surface area contributed by atoms with Crippen molar-refractivity contribution >= 4 is 15.7 Å². The van der Waals surface area contributed by atoms with Gasteiger partial charge in [0.25, 0.3) is 0 Å². The van der Waals surface area contributed by atoms with Crippen molar-refractivity contribution in [2.45, 2.75) is 6.36 Å². The lowest BCUT2D eigenvalue weighted by Crippen LogP contribution is -2.17. The van der Waals surface area contributed by atoms with Crippen molar-refractivity contribution in [1.82, 2.24) is 0 Å². The number of nitrogens with one attached hydrogen (secondary N) is 1. The number of sulfonamides is 1. The molecular formula is C15H14F3NO4S. The molecule has 9 heteroatoms. The third kappa shape index (κ3) is 4.79. The number of halogens is 3. The maximum Gasteiger partial charge on any atom is 0.573 e. The van der Waals surface area contributed by atoms with E-state index in [2.05, 4.69) is 9.46 Å². The van der Waals surface area contributed by atoms with E-state index in [1.54, 1.807) is 6.07 Å². The maximum atomic E-state index is 12.5. The smallest absolute Gasteiger partial charge is 0.496 e. The second-order valence-corrected chi connectivity index (χ2v) is 6.58. The van der Waals surface area contributed by atoms with Crippen LogP contribution in [-0.4, -0.2) is 28.1 Å². The van der Waals surface area contributed by atoms with E-state index in [1.165, 1.54) is 43.5 Å². The van der Waals surface area contributed by atoms with Crippen molar-refractivity contribution in [2.75, 3.05) is 18.1 Å². The van der Waals surface area contributed by atoms with Crippen LogP contribution in [0.1, 0.15) is 0 Å². The molecule has 24 heavy (non-hydrogen) atoms. The zero-order valence-corrected chi connectivity index (χ0v) is 13.5. The van der Waals surface area contributed by atoms with E-state index in [0.717, 1.165) is 6.26 Å². The second-order valence-electron chi connectivity index (χ2n) is 4.83. The summed E-state index contributed by atoms with van der Waals surface area (Å²) in [6, 6.07) is 9.85. The quantitative estimate of drug-likeness (QED) is 0.883. The Labute approximate surface area is 137 Å². The van der Waals surface area contributed by atoms with Gasteiger partial charge in [-0.1, -0.05) is 18.2 Å². The summed E-state index contributed by atoms with van der Waals surface area (Å²) >= 11 is 0. The standard InChI is InChI=1S/C15H14F3NO4S/c1-22-14-9-10(19-24(2,20)21)7-8-12(14)11-5-3-4-6-13(11)23-15(16,17)18/h3-9,19H,1-2H3. The average Bonchev–Trinajstić information content (AvgIpc) is 2.44. The predicted molar refractivity (Wildman–Crippen MR) is 83.6 cm³/mol. The van der Waals surface area contributed by atoms with Crippen LogP contribution >= 0.6 is 0 Å². The van der Waals surface area contributed by atoms with Crippen LogP contribution in [0.5, 0.6) is 11.5 Å². The highest BCUT2D eigenvalue weighted by Gasteiger charge is 2.32. The van der Waals surface area contributed by atoms with E-state index < -0.39 is 16.4 Å². The molecule has 130 valence electrons. The molecule has 0 aliphatic heterocycles. The van der Waals surface area contributed by atoms with E-state index in [0.29, 0.717) is 5.56 Å². The van der Waals surface area contributed by atoms with Gasteiger partial charge >= 0.3 is 6.36 Å². The Morgan fingerprint density at radius 1 is 1.00 bits per heavy atom. The SMILES string of the molecule is COc1cc(NS(C)(=O)=O)ccc1-c1ccccc1OC(F)(F)F. The molecule has 0 amide bonds. The van der Waals surface area contributed by atoms with Gasteiger partial charge in [-0.15, -0.1) is 13.2 Å². The summed E-state index contributed by atoms with van der Waals surface area (Å²) in [7, 11) is -2.16. The first-order chi connectivity index (χ1) is 11.1. The number of ether oxygens (including phenoxy) is 2. The summed E-state index contributed by atoms with van der Waals surface area (Å²) in [6.07, 6.45) is -3.85. The third-order valence-corrected chi connectivity index (χ3v) is 3.51. The number of alkyl halides is 3. The van der Waals surface area contributed by atoms with Crippen molar-refractivity contribution in [2.24, 2.45) is 0 Å². The van der Waals surface area contributed by atoms with Gasteiger partial charge in [0.15, 0.2) is 0 Å². The van der Waals surface area contributed by atoms with Crippen LogP contribution in [0, 0.1) is 0 Å². The molecule has 0 radical (unpaired) electrons. The fraction of sp³-hybridized carbons (Fsp3) is 0.200. The molecule has 0 fully saturated rings. The van der Waals surface area contributed by atoms with Crippen LogP contribution in [0.4, 0.5) is 18.9 Å². The lowest BCUT2D eigenvalue weighted by atomic mass is 10.0. The molecule has 0 aromatic heterocycles. The fourth-order valence-corrected chi connectivity index (χ4v) is 2.65.